The lowest BCUT2D eigenvalue weighted by molar-refractivity contribution is -0.126. The molecule has 5 rings (SSSR count). The van der Waals surface area contributed by atoms with Gasteiger partial charge in [-0.3, -0.25) is 4.79 Å². The van der Waals surface area contributed by atoms with Crippen LogP contribution in [-0.4, -0.2) is 34.6 Å². The third-order valence-corrected chi connectivity index (χ3v) is 7.98. The van der Waals surface area contributed by atoms with Crippen LogP contribution in [0.25, 0.3) is 11.0 Å². The van der Waals surface area contributed by atoms with Crippen LogP contribution in [0.2, 0.25) is 0 Å². The predicted molar refractivity (Wildman–Crippen MR) is 138 cm³/mol. The molecule has 0 radical (unpaired) electrons. The monoisotopic (exact) mass is 508 g/mol. The Morgan fingerprint density at radius 3 is 2.39 bits per heavy atom. The second-order valence-electron chi connectivity index (χ2n) is 9.80. The minimum atomic E-state index is 0.121. The Kier molecular flexibility index (Phi) is 6.46. The van der Waals surface area contributed by atoms with E-state index in [2.05, 4.69) is 81.0 Å². The molecule has 0 spiro atoms. The Morgan fingerprint density at radius 1 is 1.03 bits per heavy atom. The van der Waals surface area contributed by atoms with Crippen molar-refractivity contribution in [2.24, 2.45) is 5.92 Å². The summed E-state index contributed by atoms with van der Waals surface area (Å²) < 4.78 is 3.44. The molecule has 5 nitrogen and oxygen atoms in total. The number of hydrogen-bond donors (Lipinski definition) is 1. The van der Waals surface area contributed by atoms with Crippen molar-refractivity contribution in [1.29, 1.82) is 0 Å². The molecule has 0 atom stereocenters. The van der Waals surface area contributed by atoms with Gasteiger partial charge < -0.3 is 14.8 Å². The predicted octanol–water partition coefficient (Wildman–Crippen LogP) is 5.74. The molecule has 3 aromatic rings. The molecule has 1 aromatic heterocycles. The molecule has 1 amide bonds. The first-order valence-corrected chi connectivity index (χ1v) is 13.0. The fraction of sp³-hybridized carbons (Fsp3) is 0.481. The maximum Gasteiger partial charge on any atom is 0.223 e. The first kappa shape index (κ1) is 22.5. The molecule has 2 aliphatic rings. The lowest BCUT2D eigenvalue weighted by atomic mass is 9.95. The molecule has 6 heteroatoms. The molecular weight excluding hydrogens is 476 g/mol. The first-order chi connectivity index (χ1) is 16.0. The molecule has 2 fully saturated rings. The van der Waals surface area contributed by atoms with Crippen molar-refractivity contribution >= 4 is 38.8 Å². The average molecular weight is 509 g/mol. The minimum Gasteiger partial charge on any atom is -0.353 e. The Hall–Kier alpha value is -2.34. The van der Waals surface area contributed by atoms with Crippen molar-refractivity contribution in [2.45, 2.75) is 65.0 Å². The van der Waals surface area contributed by atoms with Crippen molar-refractivity contribution < 1.29 is 4.79 Å². The van der Waals surface area contributed by atoms with Gasteiger partial charge in [-0.05, 0) is 80.5 Å². The number of imidazole rings is 1. The van der Waals surface area contributed by atoms with Crippen LogP contribution >= 0.6 is 15.9 Å². The van der Waals surface area contributed by atoms with Crippen LogP contribution in [0, 0.1) is 19.8 Å². The molecule has 0 unspecified atom stereocenters. The summed E-state index contributed by atoms with van der Waals surface area (Å²) in [6, 6.07) is 13.4. The van der Waals surface area contributed by atoms with Crippen LogP contribution in [0.3, 0.4) is 0 Å². The van der Waals surface area contributed by atoms with E-state index in [4.69, 9.17) is 4.98 Å². The number of hydrogen-bond acceptors (Lipinski definition) is 3. The van der Waals surface area contributed by atoms with Gasteiger partial charge in [0.1, 0.15) is 0 Å². The molecule has 0 bridgehead atoms. The Bertz CT molecular complexity index is 1140. The second-order valence-corrected chi connectivity index (χ2v) is 10.7. The fourth-order valence-corrected chi connectivity index (χ4v) is 5.53. The number of amides is 1. The minimum absolute atomic E-state index is 0.121. The molecule has 1 saturated heterocycles. The van der Waals surface area contributed by atoms with Gasteiger partial charge in [0.15, 0.2) is 0 Å². The topological polar surface area (TPSA) is 50.2 Å². The molecule has 1 aliphatic carbocycles. The normalized spacial score (nSPS) is 17.7. The number of fused-ring (bicyclic) bond motifs is 1. The van der Waals surface area contributed by atoms with E-state index >= 15 is 0 Å². The highest BCUT2D eigenvalue weighted by Crippen LogP contribution is 2.30. The van der Waals surface area contributed by atoms with Crippen LogP contribution < -0.4 is 10.2 Å². The quantitative estimate of drug-likeness (QED) is 0.477. The zero-order chi connectivity index (χ0) is 22.9. The summed E-state index contributed by atoms with van der Waals surface area (Å²) >= 11 is 3.54. The third kappa shape index (κ3) is 4.81. The maximum absolute atomic E-state index is 12.8. The van der Waals surface area contributed by atoms with E-state index in [-0.39, 0.29) is 11.8 Å². The highest BCUT2D eigenvalue weighted by atomic mass is 79.9. The largest absolute Gasteiger partial charge is 0.353 e. The molecule has 174 valence electrons. The molecule has 2 aromatic carbocycles. The SMILES string of the molecule is Cc1cc2nc(N3CCC(C(=O)NC4CCCC4)CC3)n(Cc3ccc(Br)cc3)c2cc1C. The van der Waals surface area contributed by atoms with Gasteiger partial charge in [-0.1, -0.05) is 40.9 Å². The first-order valence-electron chi connectivity index (χ1n) is 12.2. The summed E-state index contributed by atoms with van der Waals surface area (Å²) in [6.07, 6.45) is 6.55. The number of aromatic nitrogens is 2. The molecule has 2 heterocycles. The number of benzene rings is 2. The summed E-state index contributed by atoms with van der Waals surface area (Å²) in [4.78, 5) is 20.3. The lowest BCUT2D eigenvalue weighted by Gasteiger charge is -2.33. The average Bonchev–Trinajstić information content (AvgIpc) is 3.44. The third-order valence-electron chi connectivity index (χ3n) is 7.45. The molecule has 1 saturated carbocycles. The van der Waals surface area contributed by atoms with Gasteiger partial charge in [-0.2, -0.15) is 0 Å². The number of aryl methyl sites for hydroxylation is 2. The van der Waals surface area contributed by atoms with Gasteiger partial charge in [0.2, 0.25) is 11.9 Å². The summed E-state index contributed by atoms with van der Waals surface area (Å²) in [5.41, 5.74) is 6.03. The fourth-order valence-electron chi connectivity index (χ4n) is 5.27. The highest BCUT2D eigenvalue weighted by molar-refractivity contribution is 9.10. The van der Waals surface area contributed by atoms with Crippen LogP contribution in [0.15, 0.2) is 40.9 Å². The Morgan fingerprint density at radius 2 is 1.70 bits per heavy atom. The Balaban J connectivity index is 1.38. The zero-order valence-corrected chi connectivity index (χ0v) is 21.2. The van der Waals surface area contributed by atoms with E-state index in [0.717, 1.165) is 61.3 Å². The van der Waals surface area contributed by atoms with Crippen molar-refractivity contribution in [1.82, 2.24) is 14.9 Å². The number of halogens is 1. The number of anilines is 1. The molecule has 1 N–H and O–H groups in total. The maximum atomic E-state index is 12.8. The number of nitrogens with zero attached hydrogens (tertiary/aromatic N) is 3. The highest BCUT2D eigenvalue weighted by Gasteiger charge is 2.29. The van der Waals surface area contributed by atoms with Crippen molar-refractivity contribution in [3.05, 3.63) is 57.6 Å². The smallest absolute Gasteiger partial charge is 0.223 e. The van der Waals surface area contributed by atoms with Crippen molar-refractivity contribution in [3.63, 3.8) is 0 Å². The van der Waals surface area contributed by atoms with Gasteiger partial charge in [0.25, 0.3) is 0 Å². The molecule has 1 aliphatic heterocycles. The van der Waals surface area contributed by atoms with Gasteiger partial charge in [-0.15, -0.1) is 0 Å². The Labute approximate surface area is 204 Å². The van der Waals surface area contributed by atoms with Gasteiger partial charge in [0, 0.05) is 29.5 Å². The van der Waals surface area contributed by atoms with Crippen LogP contribution in [0.1, 0.15) is 55.2 Å². The van der Waals surface area contributed by atoms with E-state index in [1.165, 1.54) is 35.0 Å². The summed E-state index contributed by atoms with van der Waals surface area (Å²) in [5.74, 6) is 1.40. The van der Waals surface area contributed by atoms with E-state index < -0.39 is 0 Å². The van der Waals surface area contributed by atoms with E-state index in [0.29, 0.717) is 6.04 Å². The number of rotatable bonds is 5. The standard InChI is InChI=1S/C27H33BrN4O/c1-18-15-24-25(16-19(18)2)32(17-20-7-9-22(28)10-8-20)27(30-24)31-13-11-21(12-14-31)26(33)29-23-5-3-4-6-23/h7-10,15-16,21,23H,3-6,11-14,17H2,1-2H3,(H,29,33). The van der Waals surface area contributed by atoms with Crippen molar-refractivity contribution in [2.75, 3.05) is 18.0 Å². The summed E-state index contributed by atoms with van der Waals surface area (Å²) in [7, 11) is 0. The van der Waals surface area contributed by atoms with Gasteiger partial charge >= 0.3 is 0 Å². The van der Waals surface area contributed by atoms with Crippen LogP contribution in [-0.2, 0) is 11.3 Å². The molecular formula is C27H33BrN4O. The van der Waals surface area contributed by atoms with E-state index in [9.17, 15) is 4.79 Å². The zero-order valence-electron chi connectivity index (χ0n) is 19.6. The van der Waals surface area contributed by atoms with Crippen molar-refractivity contribution in [3.8, 4) is 0 Å². The van der Waals surface area contributed by atoms with Gasteiger partial charge in [-0.25, -0.2) is 4.98 Å². The summed E-state index contributed by atoms with van der Waals surface area (Å²) in [5, 5.41) is 3.30. The summed E-state index contributed by atoms with van der Waals surface area (Å²) in [6.45, 7) is 6.83. The number of carbonyl (C=O) groups excluding carboxylic acids is 1. The lowest BCUT2D eigenvalue weighted by Crippen LogP contribution is -2.43. The number of piperidine rings is 1. The van der Waals surface area contributed by atoms with Gasteiger partial charge in [0.05, 0.1) is 17.6 Å². The van der Waals surface area contributed by atoms with Crippen LogP contribution in [0.5, 0.6) is 0 Å². The number of nitrogens with one attached hydrogen (secondary N) is 1. The van der Waals surface area contributed by atoms with Crippen LogP contribution in [0.4, 0.5) is 5.95 Å². The van der Waals surface area contributed by atoms with E-state index in [1.54, 1.807) is 0 Å². The second kappa shape index (κ2) is 9.49. The van der Waals surface area contributed by atoms with E-state index in [1.807, 2.05) is 0 Å². The number of carbonyl (C=O) groups is 1. The molecule has 33 heavy (non-hydrogen) atoms.